The molecule has 5 nitrogen and oxygen atoms in total. The van der Waals surface area contributed by atoms with E-state index in [1.807, 2.05) is 0 Å². The van der Waals surface area contributed by atoms with Crippen molar-refractivity contribution in [1.29, 1.82) is 0 Å². The Hall–Kier alpha value is -1.36. The average Bonchev–Trinajstić information content (AvgIpc) is 3.08. The SMILES string of the molecule is NC(=O)C1CC[C@@H](c2ncco2)N1CC1CCCCC1. The molecule has 3 rings (SSSR count). The van der Waals surface area contributed by atoms with Crippen molar-refractivity contribution < 1.29 is 9.21 Å². The molecule has 0 aromatic carbocycles. The van der Waals surface area contributed by atoms with E-state index in [-0.39, 0.29) is 18.0 Å². The Kier molecular flexibility index (Phi) is 4.05. The van der Waals surface area contributed by atoms with Gasteiger partial charge in [0.05, 0.1) is 18.3 Å². The number of carbonyl (C=O) groups excluding carboxylic acids is 1. The van der Waals surface area contributed by atoms with Crippen molar-refractivity contribution in [3.63, 3.8) is 0 Å². The zero-order valence-electron chi connectivity index (χ0n) is 11.8. The summed E-state index contributed by atoms with van der Waals surface area (Å²) in [5.74, 6) is 1.19. The third kappa shape index (κ3) is 2.73. The molecule has 2 fully saturated rings. The van der Waals surface area contributed by atoms with Crippen LogP contribution in [0.5, 0.6) is 0 Å². The Balaban J connectivity index is 1.74. The molecular weight excluding hydrogens is 254 g/mol. The number of amides is 1. The van der Waals surface area contributed by atoms with E-state index in [2.05, 4.69) is 9.88 Å². The zero-order valence-corrected chi connectivity index (χ0v) is 11.8. The van der Waals surface area contributed by atoms with Crippen molar-refractivity contribution in [2.45, 2.75) is 57.0 Å². The molecule has 1 aliphatic carbocycles. The molecule has 2 heterocycles. The fourth-order valence-electron chi connectivity index (χ4n) is 3.76. The summed E-state index contributed by atoms with van der Waals surface area (Å²) in [4.78, 5) is 18.2. The summed E-state index contributed by atoms with van der Waals surface area (Å²) in [7, 11) is 0. The highest BCUT2D eigenvalue weighted by Crippen LogP contribution is 2.37. The molecular formula is C15H23N3O2. The Morgan fingerprint density at radius 3 is 2.75 bits per heavy atom. The summed E-state index contributed by atoms with van der Waals surface area (Å²) in [5.41, 5.74) is 5.58. The number of likely N-dealkylation sites (tertiary alicyclic amines) is 1. The van der Waals surface area contributed by atoms with Crippen molar-refractivity contribution in [2.75, 3.05) is 6.54 Å². The first kappa shape index (κ1) is 13.6. The van der Waals surface area contributed by atoms with Crippen LogP contribution in [-0.2, 0) is 4.79 Å². The van der Waals surface area contributed by atoms with Crippen LogP contribution in [0.2, 0.25) is 0 Å². The number of hydrogen-bond acceptors (Lipinski definition) is 4. The Morgan fingerprint density at radius 2 is 2.10 bits per heavy atom. The number of primary amides is 1. The van der Waals surface area contributed by atoms with E-state index in [4.69, 9.17) is 10.2 Å². The highest BCUT2D eigenvalue weighted by atomic mass is 16.3. The molecule has 1 aromatic rings. The van der Waals surface area contributed by atoms with Gasteiger partial charge in [-0.15, -0.1) is 0 Å². The molecule has 5 heteroatoms. The minimum absolute atomic E-state index is 0.115. The maximum Gasteiger partial charge on any atom is 0.234 e. The second kappa shape index (κ2) is 5.95. The number of carbonyl (C=O) groups is 1. The zero-order chi connectivity index (χ0) is 13.9. The lowest BCUT2D eigenvalue weighted by Gasteiger charge is -2.32. The third-order valence-corrected chi connectivity index (χ3v) is 4.77. The first-order valence-electron chi connectivity index (χ1n) is 7.70. The van der Waals surface area contributed by atoms with Crippen LogP contribution in [0.4, 0.5) is 0 Å². The van der Waals surface area contributed by atoms with Crippen molar-refractivity contribution >= 4 is 5.91 Å². The molecule has 1 saturated heterocycles. The monoisotopic (exact) mass is 277 g/mol. The van der Waals surface area contributed by atoms with Gasteiger partial charge in [-0.05, 0) is 31.6 Å². The van der Waals surface area contributed by atoms with Gasteiger partial charge in [0, 0.05) is 6.54 Å². The van der Waals surface area contributed by atoms with E-state index in [0.717, 1.165) is 25.3 Å². The van der Waals surface area contributed by atoms with Crippen LogP contribution in [0.1, 0.15) is 56.9 Å². The van der Waals surface area contributed by atoms with Crippen molar-refractivity contribution in [2.24, 2.45) is 11.7 Å². The fraction of sp³-hybridized carbons (Fsp3) is 0.733. The lowest BCUT2D eigenvalue weighted by molar-refractivity contribution is -0.123. The van der Waals surface area contributed by atoms with Crippen LogP contribution >= 0.6 is 0 Å². The largest absolute Gasteiger partial charge is 0.447 e. The van der Waals surface area contributed by atoms with Gasteiger partial charge in [0.25, 0.3) is 0 Å². The molecule has 1 aromatic heterocycles. The summed E-state index contributed by atoms with van der Waals surface area (Å²) in [6.45, 7) is 0.945. The molecule has 1 saturated carbocycles. The summed E-state index contributed by atoms with van der Waals surface area (Å²) < 4.78 is 5.46. The van der Waals surface area contributed by atoms with Gasteiger partial charge < -0.3 is 10.2 Å². The van der Waals surface area contributed by atoms with Gasteiger partial charge in [0.2, 0.25) is 11.8 Å². The van der Waals surface area contributed by atoms with E-state index in [1.165, 1.54) is 32.1 Å². The first-order chi connectivity index (χ1) is 9.75. The van der Waals surface area contributed by atoms with Crippen molar-refractivity contribution in [3.8, 4) is 0 Å². The number of oxazole rings is 1. The van der Waals surface area contributed by atoms with E-state index < -0.39 is 0 Å². The maximum atomic E-state index is 11.7. The average molecular weight is 277 g/mol. The summed E-state index contributed by atoms with van der Waals surface area (Å²) in [6, 6.07) is -0.0433. The number of rotatable bonds is 4. The van der Waals surface area contributed by atoms with Gasteiger partial charge in [-0.1, -0.05) is 19.3 Å². The molecule has 1 unspecified atom stereocenters. The molecule has 0 bridgehead atoms. The van der Waals surface area contributed by atoms with Crippen molar-refractivity contribution in [3.05, 3.63) is 18.4 Å². The minimum atomic E-state index is -0.213. The topological polar surface area (TPSA) is 72.4 Å². The molecule has 0 spiro atoms. The molecule has 1 aliphatic heterocycles. The Bertz CT molecular complexity index is 440. The predicted octanol–water partition coefficient (Wildman–Crippen LogP) is 2.25. The number of hydrogen-bond donors (Lipinski definition) is 1. The maximum absolute atomic E-state index is 11.7. The Labute approximate surface area is 119 Å². The fourth-order valence-corrected chi connectivity index (χ4v) is 3.76. The quantitative estimate of drug-likeness (QED) is 0.916. The molecule has 20 heavy (non-hydrogen) atoms. The van der Waals surface area contributed by atoms with E-state index in [0.29, 0.717) is 5.92 Å². The summed E-state index contributed by atoms with van der Waals surface area (Å²) >= 11 is 0. The third-order valence-electron chi connectivity index (χ3n) is 4.77. The van der Waals surface area contributed by atoms with Crippen LogP contribution in [0.25, 0.3) is 0 Å². The standard InChI is InChI=1S/C15H23N3O2/c16-14(19)12-6-7-13(15-17-8-9-20-15)18(12)10-11-4-2-1-3-5-11/h8-9,11-13H,1-7,10H2,(H2,16,19)/t12?,13-/m0/s1. The predicted molar refractivity (Wildman–Crippen MR) is 74.7 cm³/mol. The number of nitrogens with zero attached hydrogens (tertiary/aromatic N) is 2. The normalized spacial score (nSPS) is 28.8. The molecule has 2 aliphatic rings. The lowest BCUT2D eigenvalue weighted by atomic mass is 9.88. The molecule has 1 amide bonds. The number of aromatic nitrogens is 1. The summed E-state index contributed by atoms with van der Waals surface area (Å²) in [6.07, 6.45) is 11.5. The van der Waals surface area contributed by atoms with Crippen LogP contribution in [0, 0.1) is 5.92 Å². The van der Waals surface area contributed by atoms with E-state index in [9.17, 15) is 4.79 Å². The van der Waals surface area contributed by atoms with Gasteiger partial charge in [-0.2, -0.15) is 0 Å². The molecule has 0 radical (unpaired) electrons. The Morgan fingerprint density at radius 1 is 1.30 bits per heavy atom. The van der Waals surface area contributed by atoms with Crippen LogP contribution in [-0.4, -0.2) is 28.4 Å². The number of nitrogens with two attached hydrogens (primary N) is 1. The summed E-state index contributed by atoms with van der Waals surface area (Å²) in [5, 5.41) is 0. The molecule has 110 valence electrons. The smallest absolute Gasteiger partial charge is 0.234 e. The van der Waals surface area contributed by atoms with Crippen LogP contribution in [0.15, 0.2) is 16.9 Å². The van der Waals surface area contributed by atoms with Crippen LogP contribution in [0.3, 0.4) is 0 Å². The highest BCUT2D eigenvalue weighted by Gasteiger charge is 2.40. The molecule has 2 N–H and O–H groups in total. The minimum Gasteiger partial charge on any atom is -0.447 e. The van der Waals surface area contributed by atoms with Crippen LogP contribution < -0.4 is 5.73 Å². The van der Waals surface area contributed by atoms with E-state index in [1.54, 1.807) is 12.5 Å². The first-order valence-corrected chi connectivity index (χ1v) is 7.70. The van der Waals surface area contributed by atoms with Gasteiger partial charge >= 0.3 is 0 Å². The highest BCUT2D eigenvalue weighted by molar-refractivity contribution is 5.80. The van der Waals surface area contributed by atoms with E-state index >= 15 is 0 Å². The molecule has 2 atom stereocenters. The second-order valence-corrected chi connectivity index (χ2v) is 6.08. The second-order valence-electron chi connectivity index (χ2n) is 6.08. The van der Waals surface area contributed by atoms with Gasteiger partial charge in [0.15, 0.2) is 0 Å². The van der Waals surface area contributed by atoms with Gasteiger partial charge in [0.1, 0.15) is 6.26 Å². The lowest BCUT2D eigenvalue weighted by Crippen LogP contribution is -2.43. The van der Waals surface area contributed by atoms with Gasteiger partial charge in [-0.3, -0.25) is 9.69 Å². The van der Waals surface area contributed by atoms with Crippen molar-refractivity contribution in [1.82, 2.24) is 9.88 Å². The van der Waals surface area contributed by atoms with Gasteiger partial charge in [-0.25, -0.2) is 4.98 Å².